The van der Waals surface area contributed by atoms with Crippen LogP contribution < -0.4 is 15.0 Å². The summed E-state index contributed by atoms with van der Waals surface area (Å²) in [5, 5.41) is 2.91. The van der Waals surface area contributed by atoms with Crippen molar-refractivity contribution >= 4 is 23.3 Å². The smallest absolute Gasteiger partial charge is 0.338 e. The first-order valence-electron chi connectivity index (χ1n) is 9.62. The Hall–Kier alpha value is -3.02. The number of hydrogen-bond acceptors (Lipinski definition) is 5. The molecular weight excluding hydrogens is 356 g/mol. The molecule has 2 aromatic carbocycles. The van der Waals surface area contributed by atoms with Crippen molar-refractivity contribution in [2.75, 3.05) is 30.0 Å². The highest BCUT2D eigenvalue weighted by atomic mass is 16.6. The van der Waals surface area contributed by atoms with Crippen molar-refractivity contribution in [2.45, 2.75) is 32.7 Å². The summed E-state index contributed by atoms with van der Waals surface area (Å²) in [6.45, 7) is 5.28. The fourth-order valence-corrected chi connectivity index (χ4v) is 3.95. The molecule has 0 bridgehead atoms. The minimum Gasteiger partial charge on any atom is -0.489 e. The molecule has 146 valence electrons. The number of para-hydroxylation sites is 1. The molecule has 4 rings (SSSR count). The number of aryl methyl sites for hydroxylation is 2. The molecule has 2 aliphatic heterocycles. The number of hydrogen-bond donors (Lipinski definition) is 1. The number of nitrogens with one attached hydrogen (secondary N) is 1. The summed E-state index contributed by atoms with van der Waals surface area (Å²) in [6, 6.07) is 11.2. The van der Waals surface area contributed by atoms with Gasteiger partial charge in [0.1, 0.15) is 25.0 Å². The van der Waals surface area contributed by atoms with Crippen molar-refractivity contribution in [2.24, 2.45) is 0 Å². The SMILES string of the molecule is Cc1cccc(C)c1OCCOC(=O)c1ccc2c(c1)NC(=O)C1CCCN21. The Kier molecular flexibility index (Phi) is 4.94. The van der Waals surface area contributed by atoms with E-state index in [1.165, 1.54) is 0 Å². The Labute approximate surface area is 164 Å². The number of esters is 1. The molecule has 1 atom stereocenters. The van der Waals surface area contributed by atoms with Gasteiger partial charge in [0, 0.05) is 6.54 Å². The summed E-state index contributed by atoms with van der Waals surface area (Å²) in [5.74, 6) is 0.401. The maximum Gasteiger partial charge on any atom is 0.338 e. The molecule has 0 aromatic heterocycles. The van der Waals surface area contributed by atoms with Crippen LogP contribution >= 0.6 is 0 Å². The number of anilines is 2. The molecule has 6 nitrogen and oxygen atoms in total. The maximum atomic E-state index is 12.4. The third-order valence-electron chi connectivity index (χ3n) is 5.33. The van der Waals surface area contributed by atoms with Crippen molar-refractivity contribution in [3.05, 3.63) is 53.1 Å². The van der Waals surface area contributed by atoms with E-state index in [-0.39, 0.29) is 25.2 Å². The summed E-state index contributed by atoms with van der Waals surface area (Å²) < 4.78 is 11.1. The molecule has 28 heavy (non-hydrogen) atoms. The molecule has 0 spiro atoms. The normalized spacial score (nSPS) is 17.6. The third kappa shape index (κ3) is 3.42. The van der Waals surface area contributed by atoms with E-state index in [0.29, 0.717) is 11.3 Å². The van der Waals surface area contributed by atoms with Crippen LogP contribution in [0, 0.1) is 13.8 Å². The zero-order chi connectivity index (χ0) is 19.7. The van der Waals surface area contributed by atoms with E-state index in [9.17, 15) is 9.59 Å². The van der Waals surface area contributed by atoms with Crippen molar-refractivity contribution in [3.63, 3.8) is 0 Å². The van der Waals surface area contributed by atoms with Gasteiger partial charge < -0.3 is 19.7 Å². The van der Waals surface area contributed by atoms with E-state index < -0.39 is 5.97 Å². The van der Waals surface area contributed by atoms with E-state index in [1.54, 1.807) is 12.1 Å². The highest BCUT2D eigenvalue weighted by Crippen LogP contribution is 2.37. The number of fused-ring (bicyclic) bond motifs is 3. The Bertz CT molecular complexity index is 904. The first kappa shape index (κ1) is 18.3. The van der Waals surface area contributed by atoms with Gasteiger partial charge in [-0.05, 0) is 56.0 Å². The summed E-state index contributed by atoms with van der Waals surface area (Å²) >= 11 is 0. The second-order valence-electron chi connectivity index (χ2n) is 7.28. The second-order valence-corrected chi connectivity index (χ2v) is 7.28. The lowest BCUT2D eigenvalue weighted by molar-refractivity contribution is -0.117. The fraction of sp³-hybridized carbons (Fsp3) is 0.364. The van der Waals surface area contributed by atoms with Gasteiger partial charge in [-0.15, -0.1) is 0 Å². The summed E-state index contributed by atoms with van der Waals surface area (Å²) in [7, 11) is 0. The van der Waals surface area contributed by atoms with Gasteiger partial charge in [0.25, 0.3) is 0 Å². The molecule has 0 radical (unpaired) electrons. The topological polar surface area (TPSA) is 67.9 Å². The van der Waals surface area contributed by atoms with Crippen LogP contribution in [0.3, 0.4) is 0 Å². The van der Waals surface area contributed by atoms with Crippen LogP contribution in [0.15, 0.2) is 36.4 Å². The molecule has 0 aliphatic carbocycles. The van der Waals surface area contributed by atoms with E-state index in [4.69, 9.17) is 9.47 Å². The molecule has 2 aromatic rings. The fourth-order valence-electron chi connectivity index (χ4n) is 3.95. The minimum absolute atomic E-state index is 0.00230. The molecule has 1 amide bonds. The highest BCUT2D eigenvalue weighted by molar-refractivity contribution is 6.05. The van der Waals surface area contributed by atoms with Gasteiger partial charge in [-0.1, -0.05) is 18.2 Å². The van der Waals surface area contributed by atoms with Crippen LogP contribution in [-0.4, -0.2) is 37.7 Å². The predicted octanol–water partition coefficient (Wildman–Crippen LogP) is 3.46. The van der Waals surface area contributed by atoms with E-state index in [0.717, 1.165) is 42.0 Å². The van der Waals surface area contributed by atoms with Crippen LogP contribution in [0.25, 0.3) is 0 Å². The van der Waals surface area contributed by atoms with Gasteiger partial charge in [0.15, 0.2) is 0 Å². The molecule has 1 saturated heterocycles. The molecule has 6 heteroatoms. The van der Waals surface area contributed by atoms with Gasteiger partial charge >= 0.3 is 5.97 Å². The molecule has 2 aliphatic rings. The van der Waals surface area contributed by atoms with Gasteiger partial charge in [-0.3, -0.25) is 4.79 Å². The van der Waals surface area contributed by atoms with Crippen molar-refractivity contribution in [1.82, 2.24) is 0 Å². The monoisotopic (exact) mass is 380 g/mol. The second kappa shape index (κ2) is 7.54. The quantitative estimate of drug-likeness (QED) is 0.636. The lowest BCUT2D eigenvalue weighted by atomic mass is 10.1. The summed E-state index contributed by atoms with van der Waals surface area (Å²) in [4.78, 5) is 26.7. The van der Waals surface area contributed by atoms with E-state index in [1.807, 2.05) is 38.1 Å². The van der Waals surface area contributed by atoms with E-state index in [2.05, 4.69) is 10.2 Å². The van der Waals surface area contributed by atoms with E-state index >= 15 is 0 Å². The number of carbonyl (C=O) groups is 2. The maximum absolute atomic E-state index is 12.4. The van der Waals surface area contributed by atoms with Crippen molar-refractivity contribution in [1.29, 1.82) is 0 Å². The molecule has 1 fully saturated rings. The Balaban J connectivity index is 1.37. The number of amides is 1. The lowest BCUT2D eigenvalue weighted by Crippen LogP contribution is -2.43. The van der Waals surface area contributed by atoms with Gasteiger partial charge in [-0.2, -0.15) is 0 Å². The Morgan fingerprint density at radius 1 is 1.18 bits per heavy atom. The van der Waals surface area contributed by atoms with Gasteiger partial charge in [0.05, 0.1) is 16.9 Å². The van der Waals surface area contributed by atoms with Crippen molar-refractivity contribution < 1.29 is 19.1 Å². The molecule has 2 heterocycles. The zero-order valence-corrected chi connectivity index (χ0v) is 16.2. The largest absolute Gasteiger partial charge is 0.489 e. The van der Waals surface area contributed by atoms with Crippen LogP contribution in [0.2, 0.25) is 0 Å². The zero-order valence-electron chi connectivity index (χ0n) is 16.2. The average Bonchev–Trinajstić information content (AvgIpc) is 3.17. The Morgan fingerprint density at radius 2 is 1.96 bits per heavy atom. The molecular formula is C22H24N2O4. The number of benzene rings is 2. The summed E-state index contributed by atoms with van der Waals surface area (Å²) in [5.41, 5.74) is 4.17. The summed E-state index contributed by atoms with van der Waals surface area (Å²) in [6.07, 6.45) is 1.87. The Morgan fingerprint density at radius 3 is 2.75 bits per heavy atom. The third-order valence-corrected chi connectivity index (χ3v) is 5.33. The van der Waals surface area contributed by atoms with Crippen molar-refractivity contribution in [3.8, 4) is 5.75 Å². The number of nitrogens with zero attached hydrogens (tertiary/aromatic N) is 1. The van der Waals surface area contributed by atoms with Crippen LogP contribution in [0.4, 0.5) is 11.4 Å². The number of rotatable bonds is 5. The first-order valence-corrected chi connectivity index (χ1v) is 9.62. The van der Waals surface area contributed by atoms with Crippen LogP contribution in [0.5, 0.6) is 5.75 Å². The van der Waals surface area contributed by atoms with Crippen LogP contribution in [-0.2, 0) is 9.53 Å². The molecule has 0 saturated carbocycles. The minimum atomic E-state index is -0.425. The standard InChI is InChI=1S/C22H24N2O4/c1-14-5-3-6-15(2)20(14)27-11-12-28-22(26)16-8-9-18-17(13-16)23-21(25)19-7-4-10-24(18)19/h3,5-6,8-9,13,19H,4,7,10-12H2,1-2H3,(H,23,25). The molecule has 1 N–H and O–H groups in total. The van der Waals surface area contributed by atoms with Gasteiger partial charge in [-0.25, -0.2) is 4.79 Å². The first-order chi connectivity index (χ1) is 13.5. The van der Waals surface area contributed by atoms with Crippen LogP contribution in [0.1, 0.15) is 34.3 Å². The number of ether oxygens (including phenoxy) is 2. The lowest BCUT2D eigenvalue weighted by Gasteiger charge is -2.33. The number of carbonyl (C=O) groups excluding carboxylic acids is 2. The molecule has 1 unspecified atom stereocenters. The average molecular weight is 380 g/mol. The highest BCUT2D eigenvalue weighted by Gasteiger charge is 2.36. The predicted molar refractivity (Wildman–Crippen MR) is 107 cm³/mol. The van der Waals surface area contributed by atoms with Gasteiger partial charge in [0.2, 0.25) is 5.91 Å².